The Labute approximate surface area is 160 Å². The van der Waals surface area contributed by atoms with Crippen molar-refractivity contribution in [1.82, 2.24) is 9.80 Å². The second kappa shape index (κ2) is 7.78. The van der Waals surface area contributed by atoms with Gasteiger partial charge in [-0.05, 0) is 23.1 Å². The summed E-state index contributed by atoms with van der Waals surface area (Å²) >= 11 is 0. The molecule has 0 saturated carbocycles. The molecular formula is C23H24N2O2. The predicted molar refractivity (Wildman–Crippen MR) is 106 cm³/mol. The highest BCUT2D eigenvalue weighted by Crippen LogP contribution is 2.26. The summed E-state index contributed by atoms with van der Waals surface area (Å²) < 4.78 is 0. The lowest BCUT2D eigenvalue weighted by molar-refractivity contribution is -0.135. The standard InChI is InChI=1S/C23H24N2O2/c26-22-14-21(17-25(22)15-18-8-3-1-4-9-18)23(27)24-13-7-12-20(16-24)19-10-5-2-6-11-19/h1-6,8-12,21H,7,13-17H2. The Morgan fingerprint density at radius 1 is 1.00 bits per heavy atom. The SMILES string of the molecule is O=C1CC(C(=O)N2CCC=C(c3ccccc3)C2)CN1Cc1ccccc1. The van der Waals surface area contributed by atoms with Crippen LogP contribution in [0.1, 0.15) is 24.0 Å². The van der Waals surface area contributed by atoms with Crippen LogP contribution in [0.5, 0.6) is 0 Å². The van der Waals surface area contributed by atoms with Crippen LogP contribution in [0.3, 0.4) is 0 Å². The van der Waals surface area contributed by atoms with Crippen LogP contribution in [0.25, 0.3) is 5.57 Å². The molecule has 4 heteroatoms. The summed E-state index contributed by atoms with van der Waals surface area (Å²) in [6.45, 7) is 2.47. The molecular weight excluding hydrogens is 336 g/mol. The average Bonchev–Trinajstić information content (AvgIpc) is 3.09. The first-order valence-electron chi connectivity index (χ1n) is 9.55. The van der Waals surface area contributed by atoms with Crippen LogP contribution < -0.4 is 0 Å². The first-order valence-corrected chi connectivity index (χ1v) is 9.55. The Morgan fingerprint density at radius 2 is 1.70 bits per heavy atom. The number of hydrogen-bond donors (Lipinski definition) is 0. The number of amides is 2. The zero-order valence-corrected chi connectivity index (χ0v) is 15.4. The molecule has 4 nitrogen and oxygen atoms in total. The molecule has 2 aromatic rings. The molecule has 1 unspecified atom stereocenters. The van der Waals surface area contributed by atoms with Gasteiger partial charge in [-0.1, -0.05) is 66.7 Å². The second-order valence-electron chi connectivity index (χ2n) is 7.30. The van der Waals surface area contributed by atoms with Gasteiger partial charge in [0.05, 0.1) is 5.92 Å². The van der Waals surface area contributed by atoms with Gasteiger partial charge in [0, 0.05) is 32.6 Å². The molecule has 2 aliphatic rings. The normalized spacial score (nSPS) is 19.9. The third kappa shape index (κ3) is 3.95. The smallest absolute Gasteiger partial charge is 0.228 e. The molecule has 138 valence electrons. The molecule has 2 heterocycles. The average molecular weight is 360 g/mol. The van der Waals surface area contributed by atoms with Crippen molar-refractivity contribution in [2.75, 3.05) is 19.6 Å². The highest BCUT2D eigenvalue weighted by molar-refractivity contribution is 5.90. The lowest BCUT2D eigenvalue weighted by atomic mass is 9.99. The largest absolute Gasteiger partial charge is 0.338 e. The van der Waals surface area contributed by atoms with Crippen LogP contribution in [0.2, 0.25) is 0 Å². The van der Waals surface area contributed by atoms with Crippen LogP contribution in [-0.4, -0.2) is 41.2 Å². The quantitative estimate of drug-likeness (QED) is 0.839. The molecule has 1 atom stereocenters. The molecule has 4 rings (SSSR count). The van der Waals surface area contributed by atoms with E-state index in [1.54, 1.807) is 0 Å². The van der Waals surface area contributed by atoms with Crippen molar-refractivity contribution >= 4 is 17.4 Å². The summed E-state index contributed by atoms with van der Waals surface area (Å²) in [4.78, 5) is 29.2. The molecule has 0 spiro atoms. The summed E-state index contributed by atoms with van der Waals surface area (Å²) in [5.74, 6) is -0.0372. The Hall–Kier alpha value is -2.88. The number of hydrogen-bond acceptors (Lipinski definition) is 2. The molecule has 2 amide bonds. The fourth-order valence-corrected chi connectivity index (χ4v) is 3.95. The third-order valence-corrected chi connectivity index (χ3v) is 5.39. The van der Waals surface area contributed by atoms with Crippen molar-refractivity contribution in [3.63, 3.8) is 0 Å². The van der Waals surface area contributed by atoms with Crippen molar-refractivity contribution in [2.24, 2.45) is 5.92 Å². The number of carbonyl (C=O) groups is 2. The molecule has 1 fully saturated rings. The molecule has 2 aromatic carbocycles. The Balaban J connectivity index is 1.40. The van der Waals surface area contributed by atoms with Crippen molar-refractivity contribution in [2.45, 2.75) is 19.4 Å². The van der Waals surface area contributed by atoms with Crippen molar-refractivity contribution in [3.05, 3.63) is 77.9 Å². The Bertz CT molecular complexity index is 845. The highest BCUT2D eigenvalue weighted by Gasteiger charge is 2.36. The van der Waals surface area contributed by atoms with E-state index in [1.807, 2.05) is 58.3 Å². The van der Waals surface area contributed by atoms with Gasteiger partial charge in [-0.15, -0.1) is 0 Å². The Morgan fingerprint density at radius 3 is 2.44 bits per heavy atom. The lowest BCUT2D eigenvalue weighted by Crippen LogP contribution is -2.40. The van der Waals surface area contributed by atoms with Crippen LogP contribution in [-0.2, 0) is 16.1 Å². The molecule has 2 aliphatic heterocycles. The zero-order valence-electron chi connectivity index (χ0n) is 15.4. The predicted octanol–water partition coefficient (Wildman–Crippen LogP) is 3.35. The molecule has 0 N–H and O–H groups in total. The van der Waals surface area contributed by atoms with Crippen molar-refractivity contribution in [1.29, 1.82) is 0 Å². The summed E-state index contributed by atoms with van der Waals surface area (Å²) in [5, 5.41) is 0. The molecule has 0 radical (unpaired) electrons. The molecule has 1 saturated heterocycles. The third-order valence-electron chi connectivity index (χ3n) is 5.39. The van der Waals surface area contributed by atoms with Gasteiger partial charge in [-0.2, -0.15) is 0 Å². The fourth-order valence-electron chi connectivity index (χ4n) is 3.95. The van der Waals surface area contributed by atoms with Gasteiger partial charge in [0.2, 0.25) is 11.8 Å². The number of likely N-dealkylation sites (tertiary alicyclic amines) is 1. The van der Waals surface area contributed by atoms with Gasteiger partial charge in [0.1, 0.15) is 0 Å². The van der Waals surface area contributed by atoms with Crippen LogP contribution in [0, 0.1) is 5.92 Å². The van der Waals surface area contributed by atoms with Gasteiger partial charge in [-0.25, -0.2) is 0 Å². The summed E-state index contributed by atoms with van der Waals surface area (Å²) in [6, 6.07) is 20.2. The first-order chi connectivity index (χ1) is 13.2. The van der Waals surface area contributed by atoms with E-state index in [0.29, 0.717) is 26.1 Å². The van der Waals surface area contributed by atoms with E-state index in [4.69, 9.17) is 0 Å². The van der Waals surface area contributed by atoms with Crippen LogP contribution in [0.4, 0.5) is 0 Å². The zero-order chi connectivity index (χ0) is 18.6. The number of carbonyl (C=O) groups excluding carboxylic acids is 2. The number of nitrogens with zero attached hydrogens (tertiary/aromatic N) is 2. The van der Waals surface area contributed by atoms with E-state index in [9.17, 15) is 9.59 Å². The first kappa shape index (κ1) is 17.5. The van der Waals surface area contributed by atoms with E-state index in [0.717, 1.165) is 18.5 Å². The van der Waals surface area contributed by atoms with E-state index < -0.39 is 0 Å². The van der Waals surface area contributed by atoms with E-state index in [2.05, 4.69) is 18.2 Å². The maximum atomic E-state index is 13.0. The molecule has 27 heavy (non-hydrogen) atoms. The van der Waals surface area contributed by atoms with E-state index in [-0.39, 0.29) is 17.7 Å². The minimum atomic E-state index is -0.226. The topological polar surface area (TPSA) is 40.6 Å². The molecule has 0 aliphatic carbocycles. The lowest BCUT2D eigenvalue weighted by Gasteiger charge is -2.30. The maximum Gasteiger partial charge on any atom is 0.228 e. The number of rotatable bonds is 4. The van der Waals surface area contributed by atoms with Gasteiger partial charge in [-0.3, -0.25) is 9.59 Å². The summed E-state index contributed by atoms with van der Waals surface area (Å²) in [6.07, 6.45) is 3.41. The van der Waals surface area contributed by atoms with Crippen LogP contribution in [0.15, 0.2) is 66.7 Å². The van der Waals surface area contributed by atoms with Crippen molar-refractivity contribution < 1.29 is 9.59 Å². The van der Waals surface area contributed by atoms with Crippen molar-refractivity contribution in [3.8, 4) is 0 Å². The maximum absolute atomic E-state index is 13.0. The van der Waals surface area contributed by atoms with E-state index >= 15 is 0 Å². The summed E-state index contributed by atoms with van der Waals surface area (Å²) in [7, 11) is 0. The van der Waals surface area contributed by atoms with Gasteiger partial charge in [0.15, 0.2) is 0 Å². The van der Waals surface area contributed by atoms with E-state index in [1.165, 1.54) is 11.1 Å². The minimum absolute atomic E-state index is 0.0769. The molecule has 0 bridgehead atoms. The van der Waals surface area contributed by atoms with Gasteiger partial charge in [0.25, 0.3) is 0 Å². The number of benzene rings is 2. The Kier molecular flexibility index (Phi) is 5.05. The molecule has 0 aromatic heterocycles. The van der Waals surface area contributed by atoms with Gasteiger partial charge >= 0.3 is 0 Å². The van der Waals surface area contributed by atoms with Gasteiger partial charge < -0.3 is 9.80 Å². The minimum Gasteiger partial charge on any atom is -0.338 e. The fraction of sp³-hybridized carbons (Fsp3) is 0.304. The monoisotopic (exact) mass is 360 g/mol. The second-order valence-corrected chi connectivity index (χ2v) is 7.30. The highest BCUT2D eigenvalue weighted by atomic mass is 16.2. The summed E-state index contributed by atoms with van der Waals surface area (Å²) in [5.41, 5.74) is 3.47. The van der Waals surface area contributed by atoms with Crippen LogP contribution >= 0.6 is 0 Å².